The molecule has 0 aromatic heterocycles. The maximum absolute atomic E-state index is 12.7. The molecule has 0 saturated carbocycles. The van der Waals surface area contributed by atoms with Crippen molar-refractivity contribution >= 4 is 11.8 Å². The Morgan fingerprint density at radius 2 is 1.57 bits per heavy atom. The van der Waals surface area contributed by atoms with Crippen LogP contribution in [0.4, 0.5) is 0 Å². The fourth-order valence-corrected chi connectivity index (χ4v) is 2.41. The van der Waals surface area contributed by atoms with Gasteiger partial charge in [0, 0.05) is 11.1 Å². The van der Waals surface area contributed by atoms with E-state index in [2.05, 4.69) is 0 Å². The van der Waals surface area contributed by atoms with Crippen molar-refractivity contribution in [3.05, 3.63) is 69.8 Å². The van der Waals surface area contributed by atoms with Gasteiger partial charge in [-0.05, 0) is 43.0 Å². The molecule has 0 unspecified atom stereocenters. The number of hydrogen-bond acceptors (Lipinski definition) is 2. The molecule has 2 aromatic rings. The first-order chi connectivity index (χ1) is 9.91. The largest absolute Gasteiger partial charge is 0.481 e. The number of carboxylic acids is 1. The number of hydrogen-bond donors (Lipinski definition) is 1. The topological polar surface area (TPSA) is 54.4 Å². The second-order valence-corrected chi connectivity index (χ2v) is 5.24. The van der Waals surface area contributed by atoms with E-state index >= 15 is 0 Å². The van der Waals surface area contributed by atoms with Crippen LogP contribution in [0.5, 0.6) is 0 Å². The summed E-state index contributed by atoms with van der Waals surface area (Å²) in [6.07, 6.45) is -0.147. The molecule has 0 aliphatic heterocycles. The first-order valence-corrected chi connectivity index (χ1v) is 6.83. The molecule has 2 rings (SSSR count). The summed E-state index contributed by atoms with van der Waals surface area (Å²) < 4.78 is 0. The molecule has 108 valence electrons. The monoisotopic (exact) mass is 282 g/mol. The first-order valence-electron chi connectivity index (χ1n) is 6.83. The SMILES string of the molecule is Cc1ccc(C(=O)c2ccccc2CC(=O)O)c(C)c1C. The van der Waals surface area contributed by atoms with Crippen LogP contribution >= 0.6 is 0 Å². The van der Waals surface area contributed by atoms with Gasteiger partial charge in [0.05, 0.1) is 6.42 Å². The van der Waals surface area contributed by atoms with E-state index < -0.39 is 5.97 Å². The van der Waals surface area contributed by atoms with Crippen molar-refractivity contribution in [2.45, 2.75) is 27.2 Å². The standard InChI is InChI=1S/C18H18O3/c1-11-8-9-15(13(3)12(11)2)18(21)16-7-5-4-6-14(16)10-17(19)20/h4-9H,10H2,1-3H3,(H,19,20). The fourth-order valence-electron chi connectivity index (χ4n) is 2.41. The predicted molar refractivity (Wildman–Crippen MR) is 81.9 cm³/mol. The maximum atomic E-state index is 12.7. The molecule has 0 bridgehead atoms. The highest BCUT2D eigenvalue weighted by Gasteiger charge is 2.17. The number of benzene rings is 2. The molecule has 0 aliphatic carbocycles. The number of aryl methyl sites for hydroxylation is 1. The van der Waals surface area contributed by atoms with Crippen molar-refractivity contribution < 1.29 is 14.7 Å². The van der Waals surface area contributed by atoms with Gasteiger partial charge in [-0.1, -0.05) is 36.4 Å². The molecule has 0 fully saturated rings. The molecule has 0 amide bonds. The van der Waals surface area contributed by atoms with E-state index in [1.165, 1.54) is 0 Å². The van der Waals surface area contributed by atoms with E-state index in [0.29, 0.717) is 16.7 Å². The zero-order valence-corrected chi connectivity index (χ0v) is 12.4. The van der Waals surface area contributed by atoms with Crippen molar-refractivity contribution in [3.63, 3.8) is 0 Å². The van der Waals surface area contributed by atoms with E-state index in [9.17, 15) is 9.59 Å². The lowest BCUT2D eigenvalue weighted by atomic mass is 9.91. The van der Waals surface area contributed by atoms with Crippen molar-refractivity contribution in [1.82, 2.24) is 0 Å². The summed E-state index contributed by atoms with van der Waals surface area (Å²) in [5, 5.41) is 8.97. The second kappa shape index (κ2) is 5.92. The minimum Gasteiger partial charge on any atom is -0.481 e. The normalized spacial score (nSPS) is 10.4. The Morgan fingerprint density at radius 1 is 0.905 bits per heavy atom. The molecule has 21 heavy (non-hydrogen) atoms. The zero-order chi connectivity index (χ0) is 15.6. The molecular formula is C18H18O3. The van der Waals surface area contributed by atoms with Gasteiger partial charge in [-0.25, -0.2) is 0 Å². The summed E-state index contributed by atoms with van der Waals surface area (Å²) in [6.45, 7) is 5.93. The molecule has 0 aliphatic rings. The van der Waals surface area contributed by atoms with Crippen LogP contribution in [-0.2, 0) is 11.2 Å². The van der Waals surface area contributed by atoms with Gasteiger partial charge < -0.3 is 5.11 Å². The van der Waals surface area contributed by atoms with Gasteiger partial charge in [0.15, 0.2) is 5.78 Å². The maximum Gasteiger partial charge on any atom is 0.307 e. The Labute approximate surface area is 124 Å². The number of aliphatic carboxylic acids is 1. The number of carbonyl (C=O) groups excluding carboxylic acids is 1. The van der Waals surface area contributed by atoms with E-state index in [-0.39, 0.29) is 12.2 Å². The van der Waals surface area contributed by atoms with Gasteiger partial charge >= 0.3 is 5.97 Å². The van der Waals surface area contributed by atoms with E-state index in [4.69, 9.17) is 5.11 Å². The van der Waals surface area contributed by atoms with Gasteiger partial charge in [0.2, 0.25) is 0 Å². The Bertz CT molecular complexity index is 714. The predicted octanol–water partition coefficient (Wildman–Crippen LogP) is 3.47. The average Bonchev–Trinajstić information content (AvgIpc) is 2.44. The van der Waals surface area contributed by atoms with E-state index in [1.54, 1.807) is 24.3 Å². The van der Waals surface area contributed by atoms with Crippen LogP contribution in [0.25, 0.3) is 0 Å². The smallest absolute Gasteiger partial charge is 0.307 e. The molecule has 2 aromatic carbocycles. The lowest BCUT2D eigenvalue weighted by Crippen LogP contribution is -2.11. The highest BCUT2D eigenvalue weighted by molar-refractivity contribution is 6.11. The van der Waals surface area contributed by atoms with Crippen LogP contribution < -0.4 is 0 Å². The average molecular weight is 282 g/mol. The van der Waals surface area contributed by atoms with Crippen LogP contribution in [-0.4, -0.2) is 16.9 Å². The Hall–Kier alpha value is -2.42. The minimum atomic E-state index is -0.938. The molecule has 0 saturated heterocycles. The molecule has 0 heterocycles. The molecule has 3 nitrogen and oxygen atoms in total. The molecule has 0 atom stereocenters. The van der Waals surface area contributed by atoms with Crippen LogP contribution in [0, 0.1) is 20.8 Å². The molecule has 0 radical (unpaired) electrons. The third kappa shape index (κ3) is 3.02. The highest BCUT2D eigenvalue weighted by Crippen LogP contribution is 2.22. The van der Waals surface area contributed by atoms with Crippen molar-refractivity contribution in [3.8, 4) is 0 Å². The van der Waals surface area contributed by atoms with Crippen LogP contribution in [0.15, 0.2) is 36.4 Å². The third-order valence-corrected chi connectivity index (χ3v) is 3.91. The third-order valence-electron chi connectivity index (χ3n) is 3.91. The lowest BCUT2D eigenvalue weighted by molar-refractivity contribution is -0.136. The van der Waals surface area contributed by atoms with E-state index in [0.717, 1.165) is 16.7 Å². The summed E-state index contributed by atoms with van der Waals surface area (Å²) >= 11 is 0. The van der Waals surface area contributed by atoms with Crippen molar-refractivity contribution in [2.75, 3.05) is 0 Å². The number of ketones is 1. The zero-order valence-electron chi connectivity index (χ0n) is 12.4. The van der Waals surface area contributed by atoms with Crippen LogP contribution in [0.1, 0.15) is 38.2 Å². The minimum absolute atomic E-state index is 0.118. The Kier molecular flexibility index (Phi) is 4.22. The van der Waals surface area contributed by atoms with Crippen LogP contribution in [0.2, 0.25) is 0 Å². The number of carbonyl (C=O) groups is 2. The van der Waals surface area contributed by atoms with Gasteiger partial charge in [-0.3, -0.25) is 9.59 Å². The van der Waals surface area contributed by atoms with Gasteiger partial charge in [0.25, 0.3) is 0 Å². The quantitative estimate of drug-likeness (QED) is 0.874. The summed E-state index contributed by atoms with van der Waals surface area (Å²) in [7, 11) is 0. The molecule has 0 spiro atoms. The summed E-state index contributed by atoms with van der Waals surface area (Å²) in [4.78, 5) is 23.7. The van der Waals surface area contributed by atoms with Crippen molar-refractivity contribution in [1.29, 1.82) is 0 Å². The lowest BCUT2D eigenvalue weighted by Gasteiger charge is -2.12. The van der Waals surface area contributed by atoms with Crippen LogP contribution in [0.3, 0.4) is 0 Å². The second-order valence-electron chi connectivity index (χ2n) is 5.24. The van der Waals surface area contributed by atoms with Gasteiger partial charge in [-0.15, -0.1) is 0 Å². The molecule has 3 heteroatoms. The highest BCUT2D eigenvalue weighted by atomic mass is 16.4. The summed E-state index contributed by atoms with van der Waals surface area (Å²) in [5.41, 5.74) is 4.83. The van der Waals surface area contributed by atoms with Crippen molar-refractivity contribution in [2.24, 2.45) is 0 Å². The number of rotatable bonds is 4. The Balaban J connectivity index is 2.51. The first kappa shape index (κ1) is 15.0. The summed E-state index contributed by atoms with van der Waals surface area (Å²) in [5.74, 6) is -1.06. The number of carboxylic acid groups (broad SMARTS) is 1. The van der Waals surface area contributed by atoms with E-state index in [1.807, 2.05) is 32.9 Å². The van der Waals surface area contributed by atoms with Gasteiger partial charge in [0.1, 0.15) is 0 Å². The molecular weight excluding hydrogens is 264 g/mol. The molecule has 1 N–H and O–H groups in total. The van der Waals surface area contributed by atoms with Gasteiger partial charge in [-0.2, -0.15) is 0 Å². The Morgan fingerprint density at radius 3 is 2.24 bits per heavy atom. The summed E-state index contributed by atoms with van der Waals surface area (Å²) in [6, 6.07) is 10.6. The fraction of sp³-hybridized carbons (Fsp3) is 0.222.